The molecule has 3 aromatic rings. The van der Waals surface area contributed by atoms with Gasteiger partial charge in [-0.3, -0.25) is 4.79 Å². The predicted octanol–water partition coefficient (Wildman–Crippen LogP) is 5.66. The molecule has 3 rings (SSSR count). The number of benzene rings is 1. The Balaban J connectivity index is 1.69. The average molecular weight is 430 g/mol. The molecule has 0 aliphatic carbocycles. The highest BCUT2D eigenvalue weighted by Gasteiger charge is 2.19. The fraction of sp³-hybridized carbons (Fsp3) is 0.273. The van der Waals surface area contributed by atoms with Gasteiger partial charge in [0, 0.05) is 10.4 Å². The summed E-state index contributed by atoms with van der Waals surface area (Å²) in [5.41, 5.74) is 4.76. The van der Waals surface area contributed by atoms with Crippen LogP contribution < -0.4 is 10.1 Å². The summed E-state index contributed by atoms with van der Waals surface area (Å²) in [6.45, 7) is 8.41. The van der Waals surface area contributed by atoms with Crippen LogP contribution in [0.25, 0.3) is 0 Å². The smallest absolute Gasteiger partial charge is 0.340 e. The van der Waals surface area contributed by atoms with Gasteiger partial charge in [0.25, 0.3) is 5.91 Å². The molecule has 0 bridgehead atoms. The maximum absolute atomic E-state index is 12.6. The molecule has 1 N–H and O–H groups in total. The van der Waals surface area contributed by atoms with E-state index in [2.05, 4.69) is 18.3 Å². The summed E-state index contributed by atoms with van der Waals surface area (Å²) in [4.78, 5) is 26.0. The summed E-state index contributed by atoms with van der Waals surface area (Å²) in [7, 11) is 1.32. The van der Waals surface area contributed by atoms with Crippen molar-refractivity contribution >= 4 is 39.6 Å². The SMILES string of the molecule is COC(=O)c1cc(C)sc1NC(=O)c1cc(COc2cc(C)cc(C)c2C)cs1. The van der Waals surface area contributed by atoms with Crippen LogP contribution in [0.15, 0.2) is 29.6 Å². The molecule has 152 valence electrons. The van der Waals surface area contributed by atoms with Crippen LogP contribution in [0.1, 0.15) is 47.2 Å². The van der Waals surface area contributed by atoms with E-state index in [0.29, 0.717) is 22.0 Å². The summed E-state index contributed by atoms with van der Waals surface area (Å²) >= 11 is 2.69. The van der Waals surface area contributed by atoms with Crippen LogP contribution >= 0.6 is 22.7 Å². The first-order valence-corrected chi connectivity index (χ1v) is 10.8. The second-order valence-electron chi connectivity index (χ2n) is 6.86. The first-order chi connectivity index (χ1) is 13.8. The molecule has 1 aromatic carbocycles. The number of aryl methyl sites for hydroxylation is 3. The molecule has 1 amide bonds. The summed E-state index contributed by atoms with van der Waals surface area (Å²) in [6.07, 6.45) is 0. The Labute approximate surface area is 178 Å². The Morgan fingerprint density at radius 2 is 1.83 bits per heavy atom. The maximum Gasteiger partial charge on any atom is 0.340 e. The fourth-order valence-corrected chi connectivity index (χ4v) is 4.60. The summed E-state index contributed by atoms with van der Waals surface area (Å²) in [5.74, 6) is 0.140. The standard InChI is InChI=1S/C22H23NO4S2/c1-12-6-13(2)15(4)18(7-12)27-10-16-9-19(28-11-16)20(24)23-21-17(22(25)26-5)8-14(3)29-21/h6-9,11H,10H2,1-5H3,(H,23,24). The summed E-state index contributed by atoms with van der Waals surface area (Å²) in [5, 5.41) is 5.23. The van der Waals surface area contributed by atoms with Gasteiger partial charge >= 0.3 is 5.97 Å². The van der Waals surface area contributed by atoms with E-state index in [4.69, 9.17) is 9.47 Å². The molecule has 0 aliphatic rings. The van der Waals surface area contributed by atoms with E-state index in [9.17, 15) is 9.59 Å². The van der Waals surface area contributed by atoms with Crippen molar-refractivity contribution in [3.05, 3.63) is 67.2 Å². The number of thiophene rings is 2. The number of carbonyl (C=O) groups is 2. The quantitative estimate of drug-likeness (QED) is 0.514. The van der Waals surface area contributed by atoms with Crippen molar-refractivity contribution in [1.82, 2.24) is 0 Å². The molecule has 2 heterocycles. The Morgan fingerprint density at radius 1 is 1.07 bits per heavy atom. The number of hydrogen-bond donors (Lipinski definition) is 1. The average Bonchev–Trinajstić information content (AvgIpc) is 3.29. The molecule has 0 aliphatic heterocycles. The fourth-order valence-electron chi connectivity index (χ4n) is 2.92. The van der Waals surface area contributed by atoms with E-state index in [1.165, 1.54) is 35.3 Å². The first kappa shape index (κ1) is 21.1. The number of hydrogen-bond acceptors (Lipinski definition) is 6. The molecule has 0 saturated carbocycles. The van der Waals surface area contributed by atoms with Gasteiger partial charge < -0.3 is 14.8 Å². The van der Waals surface area contributed by atoms with Gasteiger partial charge in [0.15, 0.2) is 0 Å². The topological polar surface area (TPSA) is 64.6 Å². The van der Waals surface area contributed by atoms with Gasteiger partial charge in [0.2, 0.25) is 0 Å². The Morgan fingerprint density at radius 3 is 2.55 bits per heavy atom. The lowest BCUT2D eigenvalue weighted by Crippen LogP contribution is -2.12. The van der Waals surface area contributed by atoms with Crippen LogP contribution in [-0.4, -0.2) is 19.0 Å². The molecule has 0 fully saturated rings. The largest absolute Gasteiger partial charge is 0.489 e. The number of anilines is 1. The third-order valence-electron chi connectivity index (χ3n) is 4.52. The van der Waals surface area contributed by atoms with Crippen molar-refractivity contribution in [3.63, 3.8) is 0 Å². The number of carbonyl (C=O) groups excluding carboxylic acids is 2. The Hall–Kier alpha value is -2.64. The van der Waals surface area contributed by atoms with Gasteiger partial charge in [-0.15, -0.1) is 22.7 Å². The normalized spacial score (nSPS) is 10.7. The number of ether oxygens (including phenoxy) is 2. The molecule has 0 atom stereocenters. The molecule has 2 aromatic heterocycles. The Kier molecular flexibility index (Phi) is 6.39. The molecule has 0 radical (unpaired) electrons. The van der Waals surface area contributed by atoms with Crippen molar-refractivity contribution in [2.75, 3.05) is 12.4 Å². The van der Waals surface area contributed by atoms with E-state index in [1.54, 1.807) is 6.07 Å². The van der Waals surface area contributed by atoms with Crippen molar-refractivity contribution in [2.24, 2.45) is 0 Å². The van der Waals surface area contributed by atoms with Gasteiger partial charge in [0.05, 0.1) is 17.6 Å². The molecular formula is C22H23NO4S2. The minimum Gasteiger partial charge on any atom is -0.489 e. The zero-order chi connectivity index (χ0) is 21.1. The number of nitrogens with one attached hydrogen (secondary N) is 1. The minimum atomic E-state index is -0.464. The maximum atomic E-state index is 12.6. The molecule has 7 heteroatoms. The minimum absolute atomic E-state index is 0.254. The Bertz CT molecular complexity index is 1060. The van der Waals surface area contributed by atoms with Crippen molar-refractivity contribution in [1.29, 1.82) is 0 Å². The van der Waals surface area contributed by atoms with E-state index in [-0.39, 0.29) is 5.91 Å². The molecule has 5 nitrogen and oxygen atoms in total. The number of amides is 1. The van der Waals surface area contributed by atoms with Crippen molar-refractivity contribution in [2.45, 2.75) is 34.3 Å². The van der Waals surface area contributed by atoms with Crippen molar-refractivity contribution in [3.8, 4) is 5.75 Å². The van der Waals surface area contributed by atoms with Gasteiger partial charge in [-0.25, -0.2) is 4.79 Å². The highest BCUT2D eigenvalue weighted by atomic mass is 32.1. The van der Waals surface area contributed by atoms with Crippen LogP contribution in [-0.2, 0) is 11.3 Å². The second-order valence-corrected chi connectivity index (χ2v) is 9.03. The highest BCUT2D eigenvalue weighted by Crippen LogP contribution is 2.30. The van der Waals surface area contributed by atoms with Crippen LogP contribution in [0, 0.1) is 27.7 Å². The zero-order valence-corrected chi connectivity index (χ0v) is 18.7. The lowest BCUT2D eigenvalue weighted by atomic mass is 10.1. The van der Waals surface area contributed by atoms with Crippen LogP contribution in [0.5, 0.6) is 5.75 Å². The van der Waals surface area contributed by atoms with Crippen LogP contribution in [0.3, 0.4) is 0 Å². The predicted molar refractivity (Wildman–Crippen MR) is 118 cm³/mol. The third kappa shape index (κ3) is 4.86. The highest BCUT2D eigenvalue weighted by molar-refractivity contribution is 7.17. The lowest BCUT2D eigenvalue weighted by Gasteiger charge is -2.11. The van der Waals surface area contributed by atoms with Gasteiger partial charge in [-0.05, 0) is 68.0 Å². The third-order valence-corrected chi connectivity index (χ3v) is 6.47. The van der Waals surface area contributed by atoms with Gasteiger partial charge in [0.1, 0.15) is 17.4 Å². The number of esters is 1. The second kappa shape index (κ2) is 8.80. The van der Waals surface area contributed by atoms with Gasteiger partial charge in [-0.2, -0.15) is 0 Å². The van der Waals surface area contributed by atoms with E-state index < -0.39 is 5.97 Å². The van der Waals surface area contributed by atoms with Crippen molar-refractivity contribution < 1.29 is 19.1 Å². The first-order valence-electron chi connectivity index (χ1n) is 9.06. The molecular weight excluding hydrogens is 406 g/mol. The monoisotopic (exact) mass is 429 g/mol. The number of rotatable bonds is 6. The number of methoxy groups -OCH3 is 1. The van der Waals surface area contributed by atoms with E-state index in [1.807, 2.05) is 38.3 Å². The molecule has 0 spiro atoms. The van der Waals surface area contributed by atoms with E-state index in [0.717, 1.165) is 27.3 Å². The van der Waals surface area contributed by atoms with Gasteiger partial charge in [-0.1, -0.05) is 6.07 Å². The molecule has 0 saturated heterocycles. The summed E-state index contributed by atoms with van der Waals surface area (Å²) in [6, 6.07) is 7.68. The van der Waals surface area contributed by atoms with E-state index >= 15 is 0 Å². The lowest BCUT2D eigenvalue weighted by molar-refractivity contribution is 0.0602. The molecule has 29 heavy (non-hydrogen) atoms. The van der Waals surface area contributed by atoms with Crippen LogP contribution in [0.4, 0.5) is 5.00 Å². The molecule has 0 unspecified atom stereocenters. The zero-order valence-electron chi connectivity index (χ0n) is 17.0. The summed E-state index contributed by atoms with van der Waals surface area (Å²) < 4.78 is 10.8. The van der Waals surface area contributed by atoms with Crippen LogP contribution in [0.2, 0.25) is 0 Å².